The van der Waals surface area contributed by atoms with Crippen molar-refractivity contribution in [3.05, 3.63) is 83.1 Å². The van der Waals surface area contributed by atoms with Gasteiger partial charge in [-0.1, -0.05) is 30.3 Å². The van der Waals surface area contributed by atoms with E-state index in [0.717, 1.165) is 10.4 Å². The smallest absolute Gasteiger partial charge is 0.322 e. The van der Waals surface area contributed by atoms with Gasteiger partial charge in [0.25, 0.3) is 0 Å². The molecule has 0 saturated heterocycles. The molecule has 1 aromatic heterocycles. The maximum absolute atomic E-state index is 13.5. The summed E-state index contributed by atoms with van der Waals surface area (Å²) in [6, 6.07) is 16.5. The molecule has 202 valence electrons. The van der Waals surface area contributed by atoms with Gasteiger partial charge in [0.05, 0.1) is 33.1 Å². The Hall–Kier alpha value is -3.98. The topological polar surface area (TPSA) is 80.3 Å². The summed E-state index contributed by atoms with van der Waals surface area (Å²) in [5.41, 5.74) is 1.56. The van der Waals surface area contributed by atoms with E-state index in [9.17, 15) is 9.59 Å². The Morgan fingerprint density at radius 1 is 1.00 bits per heavy atom. The van der Waals surface area contributed by atoms with Crippen molar-refractivity contribution in [2.24, 2.45) is 0 Å². The summed E-state index contributed by atoms with van der Waals surface area (Å²) in [5, 5.41) is 4.86. The van der Waals surface area contributed by atoms with Crippen molar-refractivity contribution in [3.63, 3.8) is 0 Å². The number of thiophene rings is 1. The van der Waals surface area contributed by atoms with E-state index in [1.54, 1.807) is 48.7 Å². The highest BCUT2D eigenvalue weighted by Crippen LogP contribution is 2.28. The van der Waals surface area contributed by atoms with Crippen LogP contribution in [0.2, 0.25) is 0 Å². The van der Waals surface area contributed by atoms with Crippen LogP contribution in [0.5, 0.6) is 17.2 Å². The van der Waals surface area contributed by atoms with Crippen molar-refractivity contribution < 1.29 is 23.8 Å². The predicted octanol–water partition coefficient (Wildman–Crippen LogP) is 5.46. The zero-order valence-corrected chi connectivity index (χ0v) is 23.0. The van der Waals surface area contributed by atoms with E-state index >= 15 is 0 Å². The van der Waals surface area contributed by atoms with Crippen molar-refractivity contribution in [2.45, 2.75) is 19.9 Å². The molecule has 3 amide bonds. The molecular weight excluding hydrogens is 502 g/mol. The normalized spacial score (nSPS) is 10.4. The van der Waals surface area contributed by atoms with Gasteiger partial charge in [-0.05, 0) is 54.6 Å². The van der Waals surface area contributed by atoms with E-state index in [4.69, 9.17) is 14.2 Å². The first-order valence-corrected chi connectivity index (χ1v) is 13.3. The van der Waals surface area contributed by atoms with Crippen LogP contribution < -0.4 is 19.5 Å². The summed E-state index contributed by atoms with van der Waals surface area (Å²) in [5.74, 6) is 1.71. The molecule has 0 bridgehead atoms. The van der Waals surface area contributed by atoms with Crippen LogP contribution in [0, 0.1) is 0 Å². The second kappa shape index (κ2) is 14.7. The molecule has 9 heteroatoms. The maximum atomic E-state index is 13.5. The minimum Gasteiger partial charge on any atom is -0.493 e. The molecule has 0 aliphatic carbocycles. The average molecular weight is 538 g/mol. The van der Waals surface area contributed by atoms with Crippen molar-refractivity contribution in [1.29, 1.82) is 0 Å². The molecule has 8 nitrogen and oxygen atoms in total. The number of ether oxygens (including phenoxy) is 3. The van der Waals surface area contributed by atoms with Crippen LogP contribution in [0.15, 0.2) is 72.6 Å². The van der Waals surface area contributed by atoms with Gasteiger partial charge in [-0.15, -0.1) is 17.9 Å². The number of urea groups is 1. The highest BCUT2D eigenvalue weighted by Gasteiger charge is 2.22. The van der Waals surface area contributed by atoms with Crippen molar-refractivity contribution in [2.75, 3.05) is 45.8 Å². The molecule has 3 rings (SSSR count). The Balaban J connectivity index is 1.74. The van der Waals surface area contributed by atoms with Gasteiger partial charge in [-0.3, -0.25) is 4.79 Å². The molecule has 0 aliphatic rings. The first kappa shape index (κ1) is 28.6. The van der Waals surface area contributed by atoms with Crippen LogP contribution in [0.3, 0.4) is 0 Å². The monoisotopic (exact) mass is 537 g/mol. The van der Waals surface area contributed by atoms with E-state index in [1.807, 2.05) is 54.8 Å². The number of carbonyl (C=O) groups is 2. The summed E-state index contributed by atoms with van der Waals surface area (Å²) in [4.78, 5) is 31.0. The largest absolute Gasteiger partial charge is 0.493 e. The summed E-state index contributed by atoms with van der Waals surface area (Å²) in [6.45, 7) is 7.18. The Labute approximate surface area is 228 Å². The van der Waals surface area contributed by atoms with Crippen LogP contribution in [0.25, 0.3) is 0 Å². The molecule has 0 aliphatic heterocycles. The predicted molar refractivity (Wildman–Crippen MR) is 151 cm³/mol. The second-order valence-corrected chi connectivity index (χ2v) is 9.39. The fourth-order valence-electron chi connectivity index (χ4n) is 3.87. The number of methoxy groups -OCH3 is 2. The Morgan fingerprint density at radius 3 is 2.47 bits per heavy atom. The highest BCUT2D eigenvalue weighted by molar-refractivity contribution is 7.09. The Bertz CT molecular complexity index is 1200. The quantitative estimate of drug-likeness (QED) is 0.277. The SMILES string of the molecule is C=CCN(CC(=O)N(CCc1ccc(OC)c(OC)c1)Cc1cccs1)C(=O)Nc1ccccc1OCC. The lowest BCUT2D eigenvalue weighted by atomic mass is 10.1. The first-order chi connectivity index (χ1) is 18.5. The van der Waals surface area contributed by atoms with Crippen LogP contribution in [0.1, 0.15) is 17.4 Å². The third-order valence-electron chi connectivity index (χ3n) is 5.79. The van der Waals surface area contributed by atoms with E-state index in [2.05, 4.69) is 11.9 Å². The Kier molecular flexibility index (Phi) is 11.0. The molecule has 0 atom stereocenters. The number of anilines is 1. The van der Waals surface area contributed by atoms with Gasteiger partial charge in [0.15, 0.2) is 11.5 Å². The highest BCUT2D eigenvalue weighted by atomic mass is 32.1. The average Bonchev–Trinajstić information content (AvgIpc) is 3.45. The lowest BCUT2D eigenvalue weighted by Gasteiger charge is -2.27. The van der Waals surface area contributed by atoms with Crippen LogP contribution in [-0.2, 0) is 17.8 Å². The molecule has 1 N–H and O–H groups in total. The zero-order valence-electron chi connectivity index (χ0n) is 22.1. The summed E-state index contributed by atoms with van der Waals surface area (Å²) < 4.78 is 16.4. The van der Waals surface area contributed by atoms with Gasteiger partial charge in [-0.2, -0.15) is 0 Å². The zero-order chi connectivity index (χ0) is 27.3. The van der Waals surface area contributed by atoms with E-state index in [0.29, 0.717) is 49.1 Å². The third kappa shape index (κ3) is 8.01. The summed E-state index contributed by atoms with van der Waals surface area (Å²) in [7, 11) is 3.19. The van der Waals surface area contributed by atoms with Gasteiger partial charge >= 0.3 is 6.03 Å². The molecule has 3 aromatic rings. The molecule has 0 spiro atoms. The lowest BCUT2D eigenvalue weighted by molar-refractivity contribution is -0.132. The summed E-state index contributed by atoms with van der Waals surface area (Å²) >= 11 is 1.59. The third-order valence-corrected chi connectivity index (χ3v) is 6.65. The fourth-order valence-corrected chi connectivity index (χ4v) is 4.59. The molecule has 0 unspecified atom stereocenters. The van der Waals surface area contributed by atoms with Gasteiger partial charge in [0.1, 0.15) is 12.3 Å². The minimum absolute atomic E-state index is 0.0913. The van der Waals surface area contributed by atoms with Crippen LogP contribution in [-0.4, -0.2) is 62.2 Å². The number of hydrogen-bond acceptors (Lipinski definition) is 6. The molecule has 0 fully saturated rings. The van der Waals surface area contributed by atoms with Crippen molar-refractivity contribution in [1.82, 2.24) is 9.80 Å². The van der Waals surface area contributed by atoms with Gasteiger partial charge < -0.3 is 29.3 Å². The molecule has 1 heterocycles. The van der Waals surface area contributed by atoms with E-state index in [1.165, 1.54) is 4.90 Å². The number of rotatable bonds is 14. The van der Waals surface area contributed by atoms with Crippen molar-refractivity contribution >= 4 is 29.0 Å². The lowest BCUT2D eigenvalue weighted by Crippen LogP contribution is -2.44. The minimum atomic E-state index is -0.402. The molecule has 0 saturated carbocycles. The number of amides is 3. The molecule has 2 aromatic carbocycles. The number of nitrogens with zero attached hydrogens (tertiary/aromatic N) is 2. The second-order valence-electron chi connectivity index (χ2n) is 8.36. The standard InChI is InChI=1S/C29H35N3O5S/c1-5-16-32(29(34)30-24-11-7-8-12-25(24)37-6-2)21-28(33)31(20-23-10-9-18-38-23)17-15-22-13-14-26(35-3)27(19-22)36-4/h5,7-14,18-19H,1,6,15-17,20-21H2,2-4H3,(H,30,34). The fraction of sp³-hybridized carbons (Fsp3) is 0.310. The number of para-hydroxylation sites is 2. The van der Waals surface area contributed by atoms with Gasteiger partial charge in [-0.25, -0.2) is 4.79 Å². The van der Waals surface area contributed by atoms with Crippen LogP contribution >= 0.6 is 11.3 Å². The molecule has 0 radical (unpaired) electrons. The van der Waals surface area contributed by atoms with Crippen molar-refractivity contribution in [3.8, 4) is 17.2 Å². The number of benzene rings is 2. The maximum Gasteiger partial charge on any atom is 0.322 e. The summed E-state index contributed by atoms with van der Waals surface area (Å²) in [6.07, 6.45) is 2.22. The molecule has 38 heavy (non-hydrogen) atoms. The van der Waals surface area contributed by atoms with E-state index in [-0.39, 0.29) is 19.0 Å². The van der Waals surface area contributed by atoms with Gasteiger partial charge in [0, 0.05) is 18.0 Å². The number of hydrogen-bond donors (Lipinski definition) is 1. The van der Waals surface area contributed by atoms with E-state index < -0.39 is 6.03 Å². The molecular formula is C29H35N3O5S. The first-order valence-electron chi connectivity index (χ1n) is 12.4. The Morgan fingerprint density at radius 2 is 1.79 bits per heavy atom. The number of carbonyl (C=O) groups excluding carboxylic acids is 2. The van der Waals surface area contributed by atoms with Crippen LogP contribution in [0.4, 0.5) is 10.5 Å². The number of nitrogens with one attached hydrogen (secondary N) is 1. The van der Waals surface area contributed by atoms with Gasteiger partial charge in [0.2, 0.25) is 5.91 Å².